The molecule has 0 radical (unpaired) electrons. The molecule has 0 spiro atoms. The molecule has 17 heavy (non-hydrogen) atoms. The Morgan fingerprint density at radius 3 is 2.65 bits per heavy atom. The van der Waals surface area contributed by atoms with Gasteiger partial charge in [-0.25, -0.2) is 0 Å². The molecule has 0 aliphatic carbocycles. The highest BCUT2D eigenvalue weighted by molar-refractivity contribution is 5.35. The average Bonchev–Trinajstić information content (AvgIpc) is 2.38. The molecule has 0 aromatic heterocycles. The van der Waals surface area contributed by atoms with Crippen molar-refractivity contribution in [2.45, 2.75) is 32.7 Å². The number of rotatable bonds is 8. The van der Waals surface area contributed by atoms with Crippen molar-refractivity contribution in [2.75, 3.05) is 19.8 Å². The van der Waals surface area contributed by atoms with Gasteiger partial charge in [-0.05, 0) is 19.4 Å². The molecule has 0 saturated carbocycles. The molecule has 96 valence electrons. The third-order valence-electron chi connectivity index (χ3n) is 2.65. The van der Waals surface area contributed by atoms with E-state index in [9.17, 15) is 0 Å². The van der Waals surface area contributed by atoms with Crippen molar-refractivity contribution in [3.8, 4) is 5.75 Å². The maximum Gasteiger partial charge on any atom is 0.124 e. The summed E-state index contributed by atoms with van der Waals surface area (Å²) in [5.41, 5.74) is 7.13. The highest BCUT2D eigenvalue weighted by atomic mass is 16.5. The molecule has 2 N–H and O–H groups in total. The fourth-order valence-electron chi connectivity index (χ4n) is 1.63. The Labute approximate surface area is 104 Å². The molecule has 3 heteroatoms. The zero-order chi connectivity index (χ0) is 12.5. The molecule has 0 aliphatic rings. The van der Waals surface area contributed by atoms with Crippen molar-refractivity contribution in [3.63, 3.8) is 0 Å². The SMILES string of the molecule is CCOCCCOc1ccccc1[C@H](N)CC. The smallest absolute Gasteiger partial charge is 0.124 e. The summed E-state index contributed by atoms with van der Waals surface area (Å²) in [5.74, 6) is 0.901. The number of hydrogen-bond acceptors (Lipinski definition) is 3. The summed E-state index contributed by atoms with van der Waals surface area (Å²) in [6.07, 6.45) is 1.82. The summed E-state index contributed by atoms with van der Waals surface area (Å²) in [4.78, 5) is 0. The molecule has 3 nitrogen and oxygen atoms in total. The van der Waals surface area contributed by atoms with Gasteiger partial charge in [-0.1, -0.05) is 25.1 Å². The van der Waals surface area contributed by atoms with E-state index in [1.165, 1.54) is 0 Å². The van der Waals surface area contributed by atoms with E-state index < -0.39 is 0 Å². The first-order chi connectivity index (χ1) is 8.29. The molecule has 1 aromatic rings. The second-order valence-corrected chi connectivity index (χ2v) is 3.95. The predicted octanol–water partition coefficient (Wildman–Crippen LogP) is 2.90. The number of ether oxygens (including phenoxy) is 2. The standard InChI is InChI=1S/C14H23NO2/c1-3-13(15)12-8-5-6-9-14(12)17-11-7-10-16-4-2/h5-6,8-9,13H,3-4,7,10-11,15H2,1-2H3/t13-/m1/s1. The lowest BCUT2D eigenvalue weighted by Crippen LogP contribution is -2.11. The summed E-state index contributed by atoms with van der Waals surface area (Å²) in [6.45, 7) is 6.26. The summed E-state index contributed by atoms with van der Waals surface area (Å²) in [7, 11) is 0. The fraction of sp³-hybridized carbons (Fsp3) is 0.571. The topological polar surface area (TPSA) is 44.5 Å². The van der Waals surface area contributed by atoms with Crippen molar-refractivity contribution in [1.82, 2.24) is 0 Å². The van der Waals surface area contributed by atoms with Gasteiger partial charge in [0.25, 0.3) is 0 Å². The van der Waals surface area contributed by atoms with Crippen LogP contribution in [0.5, 0.6) is 5.75 Å². The van der Waals surface area contributed by atoms with Gasteiger partial charge >= 0.3 is 0 Å². The zero-order valence-corrected chi connectivity index (χ0v) is 10.8. The zero-order valence-electron chi connectivity index (χ0n) is 10.8. The van der Waals surface area contributed by atoms with E-state index in [2.05, 4.69) is 6.92 Å². The van der Waals surface area contributed by atoms with Crippen LogP contribution in [0.3, 0.4) is 0 Å². The third kappa shape index (κ3) is 4.75. The van der Waals surface area contributed by atoms with E-state index in [1.54, 1.807) is 0 Å². The van der Waals surface area contributed by atoms with Crippen LogP contribution in [0.2, 0.25) is 0 Å². The minimum Gasteiger partial charge on any atom is -0.493 e. The largest absolute Gasteiger partial charge is 0.493 e. The number of para-hydroxylation sites is 1. The maximum absolute atomic E-state index is 6.04. The first kappa shape index (κ1) is 14.0. The van der Waals surface area contributed by atoms with E-state index in [1.807, 2.05) is 31.2 Å². The molecule has 0 unspecified atom stereocenters. The van der Waals surface area contributed by atoms with Gasteiger partial charge in [0.15, 0.2) is 0 Å². The quantitative estimate of drug-likeness (QED) is 0.707. The van der Waals surface area contributed by atoms with E-state index in [-0.39, 0.29) is 6.04 Å². The molecule has 0 fully saturated rings. The highest BCUT2D eigenvalue weighted by Crippen LogP contribution is 2.25. The van der Waals surface area contributed by atoms with E-state index in [0.29, 0.717) is 6.61 Å². The molecular formula is C14H23NO2. The average molecular weight is 237 g/mol. The molecule has 1 aromatic carbocycles. The van der Waals surface area contributed by atoms with E-state index in [4.69, 9.17) is 15.2 Å². The van der Waals surface area contributed by atoms with Crippen LogP contribution in [-0.2, 0) is 4.74 Å². The van der Waals surface area contributed by atoms with Crippen molar-refractivity contribution >= 4 is 0 Å². The maximum atomic E-state index is 6.04. The summed E-state index contributed by atoms with van der Waals surface area (Å²) < 4.78 is 11.0. The van der Waals surface area contributed by atoms with Crippen LogP contribution in [0.4, 0.5) is 0 Å². The molecule has 0 aliphatic heterocycles. The van der Waals surface area contributed by atoms with Crippen molar-refractivity contribution in [2.24, 2.45) is 5.73 Å². The van der Waals surface area contributed by atoms with E-state index >= 15 is 0 Å². The highest BCUT2D eigenvalue weighted by Gasteiger charge is 2.09. The molecule has 1 rings (SSSR count). The molecular weight excluding hydrogens is 214 g/mol. The second kappa shape index (κ2) is 8.09. The predicted molar refractivity (Wildman–Crippen MR) is 70.3 cm³/mol. The van der Waals surface area contributed by atoms with Gasteiger partial charge in [-0.15, -0.1) is 0 Å². The minimum atomic E-state index is 0.0538. The van der Waals surface area contributed by atoms with Crippen LogP contribution in [0.15, 0.2) is 24.3 Å². The van der Waals surface area contributed by atoms with Crippen molar-refractivity contribution in [1.29, 1.82) is 0 Å². The Bertz CT molecular complexity index is 315. The van der Waals surface area contributed by atoms with Crippen LogP contribution in [-0.4, -0.2) is 19.8 Å². The molecule has 0 heterocycles. The van der Waals surface area contributed by atoms with Gasteiger partial charge < -0.3 is 15.2 Å². The van der Waals surface area contributed by atoms with Crippen molar-refractivity contribution in [3.05, 3.63) is 29.8 Å². The summed E-state index contributed by atoms with van der Waals surface area (Å²) in [6, 6.07) is 8.04. The number of nitrogens with two attached hydrogens (primary N) is 1. The van der Waals surface area contributed by atoms with Gasteiger partial charge in [0.2, 0.25) is 0 Å². The lowest BCUT2D eigenvalue weighted by molar-refractivity contribution is 0.130. The lowest BCUT2D eigenvalue weighted by atomic mass is 10.0. The number of benzene rings is 1. The van der Waals surface area contributed by atoms with Crippen LogP contribution in [0.25, 0.3) is 0 Å². The first-order valence-electron chi connectivity index (χ1n) is 6.34. The van der Waals surface area contributed by atoms with Crippen LogP contribution >= 0.6 is 0 Å². The normalized spacial score (nSPS) is 12.4. The first-order valence-corrected chi connectivity index (χ1v) is 6.34. The van der Waals surface area contributed by atoms with Gasteiger partial charge in [-0.3, -0.25) is 0 Å². The Morgan fingerprint density at radius 2 is 1.94 bits per heavy atom. The van der Waals surface area contributed by atoms with Gasteiger partial charge in [-0.2, -0.15) is 0 Å². The Kier molecular flexibility index (Phi) is 6.67. The van der Waals surface area contributed by atoms with Crippen molar-refractivity contribution < 1.29 is 9.47 Å². The Balaban J connectivity index is 2.46. The summed E-state index contributed by atoms with van der Waals surface area (Å²) in [5, 5.41) is 0. The van der Waals surface area contributed by atoms with Crippen LogP contribution in [0, 0.1) is 0 Å². The molecule has 0 amide bonds. The lowest BCUT2D eigenvalue weighted by Gasteiger charge is -2.15. The molecule has 0 saturated heterocycles. The second-order valence-electron chi connectivity index (χ2n) is 3.95. The minimum absolute atomic E-state index is 0.0538. The molecule has 1 atom stereocenters. The van der Waals surface area contributed by atoms with E-state index in [0.717, 1.165) is 37.4 Å². The fourth-order valence-corrected chi connectivity index (χ4v) is 1.63. The van der Waals surface area contributed by atoms with Gasteiger partial charge in [0.05, 0.1) is 6.61 Å². The monoisotopic (exact) mass is 237 g/mol. The Hall–Kier alpha value is -1.06. The number of hydrogen-bond donors (Lipinski definition) is 1. The Morgan fingerprint density at radius 1 is 1.18 bits per heavy atom. The van der Waals surface area contributed by atoms with Crippen LogP contribution in [0.1, 0.15) is 38.3 Å². The van der Waals surface area contributed by atoms with Crippen LogP contribution < -0.4 is 10.5 Å². The third-order valence-corrected chi connectivity index (χ3v) is 2.65. The molecule has 0 bridgehead atoms. The van der Waals surface area contributed by atoms with Gasteiger partial charge in [0, 0.05) is 31.2 Å². The van der Waals surface area contributed by atoms with Gasteiger partial charge in [0.1, 0.15) is 5.75 Å². The summed E-state index contributed by atoms with van der Waals surface area (Å²) >= 11 is 0.